The molecule has 1 saturated heterocycles. The molecule has 1 heterocycles. The van der Waals surface area contributed by atoms with Crippen molar-refractivity contribution in [1.29, 1.82) is 0 Å². The zero-order chi connectivity index (χ0) is 27.5. The highest BCUT2D eigenvalue weighted by Gasteiger charge is 2.38. The van der Waals surface area contributed by atoms with Crippen molar-refractivity contribution in [2.75, 3.05) is 39.3 Å². The molecular weight excluding hydrogens is 511 g/mol. The summed E-state index contributed by atoms with van der Waals surface area (Å²) in [6.45, 7) is 4.93. The summed E-state index contributed by atoms with van der Waals surface area (Å²) in [5, 5.41) is 10.3. The van der Waals surface area contributed by atoms with Crippen LogP contribution in [0.15, 0.2) is 59.5 Å². The Labute approximate surface area is 215 Å². The number of carbonyl (C=O) groups is 2. The molecule has 0 atom stereocenters. The Morgan fingerprint density at radius 2 is 1.57 bits per heavy atom. The molecule has 0 spiro atoms. The number of nitrogens with one attached hydrogen (secondary N) is 1. The van der Waals surface area contributed by atoms with Gasteiger partial charge in [0.15, 0.2) is 0 Å². The number of hydrogen-bond acceptors (Lipinski definition) is 5. The van der Waals surface area contributed by atoms with Gasteiger partial charge >= 0.3 is 12.1 Å². The highest BCUT2D eigenvalue weighted by molar-refractivity contribution is 7.89. The summed E-state index contributed by atoms with van der Waals surface area (Å²) in [6.07, 6.45) is -2.81. The maximum Gasteiger partial charge on any atom is 0.490 e. The molecule has 1 aliphatic heterocycles. The van der Waals surface area contributed by atoms with E-state index < -0.39 is 22.2 Å². The molecule has 0 bridgehead atoms. The van der Waals surface area contributed by atoms with Gasteiger partial charge in [-0.25, -0.2) is 13.2 Å². The van der Waals surface area contributed by atoms with Crippen LogP contribution in [0.3, 0.4) is 0 Å². The molecule has 2 aromatic rings. The third kappa shape index (κ3) is 9.78. The lowest BCUT2D eigenvalue weighted by Gasteiger charge is -2.30. The minimum Gasteiger partial charge on any atom is -0.475 e. The Kier molecular flexibility index (Phi) is 11.5. The van der Waals surface area contributed by atoms with E-state index in [1.807, 2.05) is 49.4 Å². The van der Waals surface area contributed by atoms with Gasteiger partial charge in [0.05, 0.1) is 11.4 Å². The molecule has 1 amide bonds. The van der Waals surface area contributed by atoms with Gasteiger partial charge in [0, 0.05) is 32.7 Å². The van der Waals surface area contributed by atoms with E-state index in [2.05, 4.69) is 5.32 Å². The molecule has 2 aromatic carbocycles. The lowest BCUT2D eigenvalue weighted by molar-refractivity contribution is -0.192. The van der Waals surface area contributed by atoms with E-state index in [0.29, 0.717) is 26.1 Å². The number of rotatable bonds is 9. The maximum atomic E-state index is 13.3. The van der Waals surface area contributed by atoms with Crippen LogP contribution in [0.1, 0.15) is 24.5 Å². The van der Waals surface area contributed by atoms with Crippen molar-refractivity contribution in [2.45, 2.75) is 37.3 Å². The molecule has 12 heteroatoms. The molecular formula is C25H32F3N3O5S. The molecule has 3 rings (SSSR count). The molecule has 0 unspecified atom stereocenters. The lowest BCUT2D eigenvalue weighted by Crippen LogP contribution is -2.50. The summed E-state index contributed by atoms with van der Waals surface area (Å²) in [7, 11) is -3.74. The van der Waals surface area contributed by atoms with Crippen LogP contribution in [-0.4, -0.2) is 80.1 Å². The lowest BCUT2D eigenvalue weighted by atomic mass is 10.1. The van der Waals surface area contributed by atoms with Crippen molar-refractivity contribution in [1.82, 2.24) is 14.5 Å². The van der Waals surface area contributed by atoms with Crippen molar-refractivity contribution in [3.8, 4) is 0 Å². The smallest absolute Gasteiger partial charge is 0.475 e. The molecule has 0 aliphatic carbocycles. The summed E-state index contributed by atoms with van der Waals surface area (Å²) < 4.78 is 59.8. The highest BCUT2D eigenvalue weighted by atomic mass is 32.2. The average Bonchev–Trinajstić information content (AvgIpc) is 2.89. The van der Waals surface area contributed by atoms with E-state index in [0.717, 1.165) is 37.1 Å². The van der Waals surface area contributed by atoms with E-state index in [4.69, 9.17) is 9.90 Å². The molecule has 0 aromatic heterocycles. The van der Waals surface area contributed by atoms with E-state index in [9.17, 15) is 26.4 Å². The summed E-state index contributed by atoms with van der Waals surface area (Å²) in [5.41, 5.74) is 2.25. The normalized spacial score (nSPS) is 14.1. The average molecular weight is 544 g/mol. The number of hydrogen-bond donors (Lipinski definition) is 2. The van der Waals surface area contributed by atoms with E-state index in [1.54, 1.807) is 17.0 Å². The number of carboxylic acids is 1. The first-order valence-corrected chi connectivity index (χ1v) is 13.3. The van der Waals surface area contributed by atoms with Crippen LogP contribution in [0.5, 0.6) is 0 Å². The van der Waals surface area contributed by atoms with Crippen molar-refractivity contribution >= 4 is 21.9 Å². The van der Waals surface area contributed by atoms with Gasteiger partial charge in [-0.2, -0.15) is 17.5 Å². The summed E-state index contributed by atoms with van der Waals surface area (Å²) in [5.74, 6) is -2.89. The van der Waals surface area contributed by atoms with Gasteiger partial charge in [-0.1, -0.05) is 49.4 Å². The summed E-state index contributed by atoms with van der Waals surface area (Å²) in [4.78, 5) is 23.7. The molecule has 2 N–H and O–H groups in total. The van der Waals surface area contributed by atoms with Crippen LogP contribution in [-0.2, 0) is 32.5 Å². The second-order valence-electron chi connectivity index (χ2n) is 8.36. The number of aliphatic carboxylic acids is 1. The number of piperazine rings is 1. The van der Waals surface area contributed by atoms with Gasteiger partial charge in [0.25, 0.3) is 0 Å². The minimum absolute atomic E-state index is 0.118. The molecule has 8 nitrogen and oxygen atoms in total. The standard InChI is InChI=1S/C23H31N3O3S.C2HF3O2/c1-2-20-10-12-22(13-11-20)30(28,29)26(16-6-9-21-7-4-3-5-8-21)19-23(27)25-17-14-24-15-18-25;3-2(4,5)1(6)7/h3-5,7-8,10-13,24H,2,6,9,14-19H2,1H3;(H,6,7). The van der Waals surface area contributed by atoms with E-state index in [-0.39, 0.29) is 17.3 Å². The summed E-state index contributed by atoms with van der Waals surface area (Å²) in [6, 6.07) is 17.0. The van der Waals surface area contributed by atoms with Crippen LogP contribution >= 0.6 is 0 Å². The predicted octanol–water partition coefficient (Wildman–Crippen LogP) is 2.94. The number of aryl methyl sites for hydroxylation is 2. The topological polar surface area (TPSA) is 107 Å². The largest absolute Gasteiger partial charge is 0.490 e. The molecule has 0 saturated carbocycles. The predicted molar refractivity (Wildman–Crippen MR) is 132 cm³/mol. The third-order valence-corrected chi connectivity index (χ3v) is 7.57. The number of alkyl halides is 3. The summed E-state index contributed by atoms with van der Waals surface area (Å²) >= 11 is 0. The number of nitrogens with zero attached hydrogens (tertiary/aromatic N) is 2. The second-order valence-corrected chi connectivity index (χ2v) is 10.3. The molecule has 0 radical (unpaired) electrons. The zero-order valence-corrected chi connectivity index (χ0v) is 21.4. The first-order chi connectivity index (χ1) is 17.4. The van der Waals surface area contributed by atoms with Gasteiger partial charge in [0.2, 0.25) is 15.9 Å². The van der Waals surface area contributed by atoms with Crippen LogP contribution in [0.4, 0.5) is 13.2 Å². The SMILES string of the molecule is CCc1ccc(S(=O)(=O)N(CCCc2ccccc2)CC(=O)N2CCNCC2)cc1.O=C(O)C(F)(F)F. The Bertz CT molecular complexity index is 1100. The molecule has 1 aliphatic rings. The molecule has 37 heavy (non-hydrogen) atoms. The number of carbonyl (C=O) groups excluding carboxylic acids is 1. The Hall–Kier alpha value is -2.96. The zero-order valence-electron chi connectivity index (χ0n) is 20.6. The fraction of sp³-hybridized carbons (Fsp3) is 0.440. The quantitative estimate of drug-likeness (QED) is 0.504. The highest BCUT2D eigenvalue weighted by Crippen LogP contribution is 2.18. The van der Waals surface area contributed by atoms with Gasteiger partial charge in [0.1, 0.15) is 0 Å². The van der Waals surface area contributed by atoms with Gasteiger partial charge in [-0.05, 0) is 42.5 Å². The van der Waals surface area contributed by atoms with Crippen molar-refractivity contribution in [2.24, 2.45) is 0 Å². The fourth-order valence-corrected chi connectivity index (χ4v) is 5.03. The van der Waals surface area contributed by atoms with Crippen molar-refractivity contribution in [3.63, 3.8) is 0 Å². The molecule has 1 fully saturated rings. The Balaban J connectivity index is 0.000000604. The number of amides is 1. The maximum absolute atomic E-state index is 13.3. The van der Waals surface area contributed by atoms with Gasteiger partial charge in [-0.15, -0.1) is 0 Å². The molecule has 204 valence electrons. The minimum atomic E-state index is -5.08. The Morgan fingerprint density at radius 1 is 1.00 bits per heavy atom. The first-order valence-electron chi connectivity index (χ1n) is 11.9. The van der Waals surface area contributed by atoms with E-state index in [1.165, 1.54) is 4.31 Å². The van der Waals surface area contributed by atoms with Crippen LogP contribution in [0.2, 0.25) is 0 Å². The third-order valence-electron chi connectivity index (χ3n) is 5.71. The number of halogens is 3. The van der Waals surface area contributed by atoms with Gasteiger partial charge in [-0.3, -0.25) is 4.79 Å². The van der Waals surface area contributed by atoms with Crippen molar-refractivity contribution in [3.05, 3.63) is 65.7 Å². The number of sulfonamides is 1. The van der Waals surface area contributed by atoms with Crippen molar-refractivity contribution < 1.29 is 36.3 Å². The van der Waals surface area contributed by atoms with Gasteiger partial charge < -0.3 is 15.3 Å². The number of carboxylic acid groups (broad SMARTS) is 1. The Morgan fingerprint density at radius 3 is 2.08 bits per heavy atom. The van der Waals surface area contributed by atoms with Crippen LogP contribution < -0.4 is 5.32 Å². The first kappa shape index (κ1) is 30.3. The second kappa shape index (κ2) is 14.1. The van der Waals surface area contributed by atoms with Crippen LogP contribution in [0.25, 0.3) is 0 Å². The van der Waals surface area contributed by atoms with E-state index >= 15 is 0 Å². The fourth-order valence-electron chi connectivity index (χ4n) is 3.60. The van der Waals surface area contributed by atoms with Crippen LogP contribution in [0, 0.1) is 0 Å². The monoisotopic (exact) mass is 543 g/mol. The number of benzene rings is 2.